The zero-order valence-corrected chi connectivity index (χ0v) is 15.3. The van der Waals surface area contributed by atoms with Gasteiger partial charge in [0, 0.05) is 23.1 Å². The van der Waals surface area contributed by atoms with Crippen LogP contribution in [-0.2, 0) is 12.0 Å². The molecule has 3 rings (SSSR count). The Bertz CT molecular complexity index is 687. The van der Waals surface area contributed by atoms with E-state index >= 15 is 0 Å². The van der Waals surface area contributed by atoms with Gasteiger partial charge in [0.05, 0.1) is 5.54 Å². The smallest absolute Gasteiger partial charge is 0.319 e. The number of benzene rings is 1. The van der Waals surface area contributed by atoms with Crippen LogP contribution in [0.5, 0.6) is 0 Å². The number of aromatic nitrogens is 2. The van der Waals surface area contributed by atoms with Crippen LogP contribution in [0.3, 0.4) is 0 Å². The Morgan fingerprint density at radius 3 is 2.67 bits per heavy atom. The lowest BCUT2D eigenvalue weighted by molar-refractivity contribution is 0.229. The largest absolute Gasteiger partial charge is 0.339 e. The summed E-state index contributed by atoms with van der Waals surface area (Å²) in [4.78, 5) is 16.1. The highest BCUT2D eigenvalue weighted by molar-refractivity contribution is 9.10. The second-order valence-electron chi connectivity index (χ2n) is 5.66. The van der Waals surface area contributed by atoms with E-state index < -0.39 is 5.54 Å². The van der Waals surface area contributed by atoms with E-state index in [-0.39, 0.29) is 18.4 Å². The molecule has 130 valence electrons. The molecule has 2 aromatic rings. The fraction of sp³-hybridized carbons (Fsp3) is 0.400. The van der Waals surface area contributed by atoms with E-state index in [9.17, 15) is 4.79 Å². The average molecular weight is 417 g/mol. The summed E-state index contributed by atoms with van der Waals surface area (Å²) in [5.41, 5.74) is 6.44. The number of nitrogens with one attached hydrogen (secondary N) is 2. The van der Waals surface area contributed by atoms with Gasteiger partial charge in [-0.3, -0.25) is 0 Å². The van der Waals surface area contributed by atoms with Crippen LogP contribution in [0.4, 0.5) is 10.5 Å². The van der Waals surface area contributed by atoms with Crippen molar-refractivity contribution in [2.45, 2.75) is 31.2 Å². The SMILES string of the molecule is Cl.NC1(c2noc(CCNC(=O)Nc3ccc(Br)cc3)n2)CCC1. The molecule has 9 heteroatoms. The lowest BCUT2D eigenvalue weighted by Crippen LogP contribution is -2.44. The highest BCUT2D eigenvalue weighted by Gasteiger charge is 2.38. The Labute approximate surface area is 154 Å². The average Bonchev–Trinajstić information content (AvgIpc) is 2.96. The van der Waals surface area contributed by atoms with Crippen molar-refractivity contribution in [2.24, 2.45) is 5.73 Å². The van der Waals surface area contributed by atoms with Crippen LogP contribution in [0.25, 0.3) is 0 Å². The number of anilines is 1. The van der Waals surface area contributed by atoms with Crippen molar-refractivity contribution in [3.05, 3.63) is 40.5 Å². The molecule has 1 saturated carbocycles. The number of carbonyl (C=O) groups is 1. The maximum atomic E-state index is 11.8. The minimum absolute atomic E-state index is 0. The summed E-state index contributed by atoms with van der Waals surface area (Å²) in [5, 5.41) is 9.43. The van der Waals surface area contributed by atoms with E-state index in [1.54, 1.807) is 0 Å². The molecular weight excluding hydrogens is 398 g/mol. The number of hydrogen-bond acceptors (Lipinski definition) is 5. The van der Waals surface area contributed by atoms with Gasteiger partial charge in [0.15, 0.2) is 5.82 Å². The molecule has 0 spiro atoms. The minimum atomic E-state index is -0.422. The molecule has 0 atom stereocenters. The fourth-order valence-electron chi connectivity index (χ4n) is 2.33. The highest BCUT2D eigenvalue weighted by Crippen LogP contribution is 2.36. The standard InChI is InChI=1S/C15H18BrN5O2.ClH/c16-10-2-4-11(5-3-10)19-14(22)18-9-6-12-20-13(21-23-12)15(17)7-1-8-15;/h2-5H,1,6-9,17H2,(H2,18,19,22);1H. The Morgan fingerprint density at radius 2 is 2.04 bits per heavy atom. The maximum Gasteiger partial charge on any atom is 0.319 e. The molecule has 1 aromatic carbocycles. The number of carbonyl (C=O) groups excluding carboxylic acids is 1. The zero-order chi connectivity index (χ0) is 16.3. The molecule has 0 bridgehead atoms. The van der Waals surface area contributed by atoms with Crippen LogP contribution >= 0.6 is 28.3 Å². The van der Waals surface area contributed by atoms with Crippen molar-refractivity contribution in [3.63, 3.8) is 0 Å². The van der Waals surface area contributed by atoms with E-state index in [0.717, 1.165) is 29.4 Å². The Balaban J connectivity index is 0.00000208. The molecule has 1 aromatic heterocycles. The van der Waals surface area contributed by atoms with E-state index in [2.05, 4.69) is 36.7 Å². The van der Waals surface area contributed by atoms with Gasteiger partial charge in [-0.2, -0.15) is 4.98 Å². The van der Waals surface area contributed by atoms with Crippen LogP contribution in [0.15, 0.2) is 33.3 Å². The minimum Gasteiger partial charge on any atom is -0.339 e. The van der Waals surface area contributed by atoms with Gasteiger partial charge in [-0.05, 0) is 43.5 Å². The van der Waals surface area contributed by atoms with Crippen molar-refractivity contribution in [2.75, 3.05) is 11.9 Å². The van der Waals surface area contributed by atoms with Crippen molar-refractivity contribution < 1.29 is 9.32 Å². The van der Waals surface area contributed by atoms with Crippen LogP contribution < -0.4 is 16.4 Å². The maximum absolute atomic E-state index is 11.8. The fourth-order valence-corrected chi connectivity index (χ4v) is 2.60. The monoisotopic (exact) mass is 415 g/mol. The molecule has 1 aliphatic carbocycles. The quantitative estimate of drug-likeness (QED) is 0.695. The van der Waals surface area contributed by atoms with Crippen molar-refractivity contribution in [1.29, 1.82) is 0 Å². The summed E-state index contributed by atoms with van der Waals surface area (Å²) < 4.78 is 6.14. The first-order valence-corrected chi connectivity index (χ1v) is 8.27. The summed E-state index contributed by atoms with van der Waals surface area (Å²) in [6.45, 7) is 0.404. The summed E-state index contributed by atoms with van der Waals surface area (Å²) in [6.07, 6.45) is 3.34. The van der Waals surface area contributed by atoms with E-state index in [1.807, 2.05) is 24.3 Å². The van der Waals surface area contributed by atoms with Gasteiger partial charge in [0.1, 0.15) is 0 Å². The van der Waals surface area contributed by atoms with E-state index in [4.69, 9.17) is 10.3 Å². The number of rotatable bonds is 5. The molecule has 2 amide bonds. The third-order valence-electron chi connectivity index (χ3n) is 3.89. The first-order chi connectivity index (χ1) is 11.0. The number of hydrogen-bond donors (Lipinski definition) is 3. The van der Waals surface area contributed by atoms with Gasteiger partial charge in [-0.1, -0.05) is 21.1 Å². The predicted molar refractivity (Wildman–Crippen MR) is 96.1 cm³/mol. The molecule has 4 N–H and O–H groups in total. The second kappa shape index (κ2) is 7.96. The lowest BCUT2D eigenvalue weighted by Gasteiger charge is -2.34. The van der Waals surface area contributed by atoms with Gasteiger partial charge in [0.2, 0.25) is 5.89 Å². The van der Waals surface area contributed by atoms with E-state index in [0.29, 0.717) is 24.7 Å². The second-order valence-corrected chi connectivity index (χ2v) is 6.57. The van der Waals surface area contributed by atoms with Gasteiger partial charge < -0.3 is 20.9 Å². The summed E-state index contributed by atoms with van der Waals surface area (Å²) in [7, 11) is 0. The third-order valence-corrected chi connectivity index (χ3v) is 4.41. The van der Waals surface area contributed by atoms with Gasteiger partial charge >= 0.3 is 6.03 Å². The molecule has 0 saturated heterocycles. The van der Waals surface area contributed by atoms with Crippen molar-refractivity contribution in [3.8, 4) is 0 Å². The van der Waals surface area contributed by atoms with E-state index in [1.165, 1.54) is 0 Å². The van der Waals surface area contributed by atoms with Crippen LogP contribution in [-0.4, -0.2) is 22.7 Å². The summed E-state index contributed by atoms with van der Waals surface area (Å²) in [5.74, 6) is 1.05. The molecule has 7 nitrogen and oxygen atoms in total. The third kappa shape index (κ3) is 4.46. The lowest BCUT2D eigenvalue weighted by atomic mass is 9.77. The number of halogens is 2. The first kappa shape index (κ1) is 18.7. The van der Waals surface area contributed by atoms with Crippen LogP contribution in [0.2, 0.25) is 0 Å². The highest BCUT2D eigenvalue weighted by atomic mass is 79.9. The molecule has 0 aliphatic heterocycles. The summed E-state index contributed by atoms with van der Waals surface area (Å²) in [6, 6.07) is 7.07. The van der Waals surface area contributed by atoms with Gasteiger partial charge in [-0.15, -0.1) is 12.4 Å². The van der Waals surface area contributed by atoms with Crippen molar-refractivity contribution >= 4 is 40.1 Å². The molecule has 0 unspecified atom stereocenters. The molecule has 1 heterocycles. The predicted octanol–water partition coefficient (Wildman–Crippen LogP) is 2.96. The number of nitrogens with zero attached hydrogens (tertiary/aromatic N) is 2. The first-order valence-electron chi connectivity index (χ1n) is 7.47. The topological polar surface area (TPSA) is 106 Å². The Morgan fingerprint density at radius 1 is 1.33 bits per heavy atom. The molecule has 1 aliphatic rings. The van der Waals surface area contributed by atoms with Crippen molar-refractivity contribution in [1.82, 2.24) is 15.5 Å². The Hall–Kier alpha value is -1.64. The number of urea groups is 1. The van der Waals surface area contributed by atoms with Crippen LogP contribution in [0, 0.1) is 0 Å². The molecule has 0 radical (unpaired) electrons. The molecular formula is C15H19BrClN5O2. The Kier molecular flexibility index (Phi) is 6.20. The normalized spacial score (nSPS) is 15.1. The number of nitrogens with two attached hydrogens (primary N) is 1. The molecule has 1 fully saturated rings. The molecule has 24 heavy (non-hydrogen) atoms. The summed E-state index contributed by atoms with van der Waals surface area (Å²) >= 11 is 3.34. The van der Waals surface area contributed by atoms with Gasteiger partial charge in [-0.25, -0.2) is 4.79 Å². The van der Waals surface area contributed by atoms with Gasteiger partial charge in [0.25, 0.3) is 0 Å². The zero-order valence-electron chi connectivity index (χ0n) is 12.9. The number of amides is 2. The van der Waals surface area contributed by atoms with Crippen LogP contribution in [0.1, 0.15) is 31.0 Å².